The lowest BCUT2D eigenvalue weighted by atomic mass is 10.2. The van der Waals surface area contributed by atoms with Crippen molar-refractivity contribution < 1.29 is 27.5 Å². The molecule has 3 N–H and O–H groups in total. The Hall–Kier alpha value is -3.11. The molecule has 0 aliphatic heterocycles. The number of sulfonamides is 1. The van der Waals surface area contributed by atoms with Gasteiger partial charge in [0, 0.05) is 6.07 Å². The summed E-state index contributed by atoms with van der Waals surface area (Å²) in [5, 5.41) is 4.95. The maximum atomic E-state index is 12.2. The lowest BCUT2D eigenvalue weighted by Crippen LogP contribution is -2.40. The summed E-state index contributed by atoms with van der Waals surface area (Å²) in [6, 6.07) is 11.1. The Morgan fingerprint density at radius 3 is 2.24 bits per heavy atom. The van der Waals surface area contributed by atoms with E-state index in [9.17, 15) is 18.0 Å². The zero-order chi connectivity index (χ0) is 21.4. The summed E-state index contributed by atoms with van der Waals surface area (Å²) in [6.45, 7) is 1.01. The van der Waals surface area contributed by atoms with Gasteiger partial charge >= 0.3 is 0 Å². The normalized spacial score (nSPS) is 10.9. The molecule has 0 radical (unpaired) electrons. The zero-order valence-corrected chi connectivity index (χ0v) is 17.1. The highest BCUT2D eigenvalue weighted by Gasteiger charge is 2.16. The Bertz CT molecular complexity index is 974. The van der Waals surface area contributed by atoms with Crippen LogP contribution >= 0.6 is 0 Å². The fraction of sp³-hybridized carbons (Fsp3) is 0.263. The van der Waals surface area contributed by atoms with Crippen LogP contribution in [-0.4, -0.2) is 47.5 Å². The number of amides is 2. The minimum Gasteiger partial charge on any atom is -0.497 e. The summed E-state index contributed by atoms with van der Waals surface area (Å²) in [6.07, 6.45) is 0. The monoisotopic (exact) mass is 421 g/mol. The van der Waals surface area contributed by atoms with E-state index in [-0.39, 0.29) is 11.4 Å². The second-order valence-corrected chi connectivity index (χ2v) is 7.80. The Morgan fingerprint density at radius 1 is 0.931 bits per heavy atom. The number of carbonyl (C=O) groups excluding carboxylic acids is 2. The number of ether oxygens (including phenoxy) is 2. The third-order valence-electron chi connectivity index (χ3n) is 3.88. The zero-order valence-electron chi connectivity index (χ0n) is 16.3. The van der Waals surface area contributed by atoms with Crippen molar-refractivity contribution in [3.8, 4) is 11.5 Å². The molecule has 0 atom stereocenters. The van der Waals surface area contributed by atoms with E-state index >= 15 is 0 Å². The maximum absolute atomic E-state index is 12.2. The van der Waals surface area contributed by atoms with Crippen LogP contribution in [0.3, 0.4) is 0 Å². The number of methoxy groups -OCH3 is 2. The summed E-state index contributed by atoms with van der Waals surface area (Å²) >= 11 is 0. The first-order valence-corrected chi connectivity index (χ1v) is 10.1. The minimum atomic E-state index is -3.81. The van der Waals surface area contributed by atoms with Crippen LogP contribution in [-0.2, 0) is 19.6 Å². The van der Waals surface area contributed by atoms with Gasteiger partial charge in [0.15, 0.2) is 0 Å². The number of rotatable bonds is 9. The second-order valence-electron chi connectivity index (χ2n) is 6.03. The van der Waals surface area contributed by atoms with Gasteiger partial charge in [-0.25, -0.2) is 13.1 Å². The molecule has 9 nitrogen and oxygen atoms in total. The molecule has 0 heterocycles. The molecular formula is C19H23N3O6S. The van der Waals surface area contributed by atoms with E-state index in [2.05, 4.69) is 15.4 Å². The number of carbonyl (C=O) groups is 2. The van der Waals surface area contributed by atoms with Crippen molar-refractivity contribution in [2.45, 2.75) is 11.8 Å². The van der Waals surface area contributed by atoms with Gasteiger partial charge in [-0.05, 0) is 31.2 Å². The molecule has 2 amide bonds. The lowest BCUT2D eigenvalue weighted by molar-refractivity contribution is -0.123. The highest BCUT2D eigenvalue weighted by atomic mass is 32.2. The topological polar surface area (TPSA) is 123 Å². The largest absolute Gasteiger partial charge is 0.497 e. The van der Waals surface area contributed by atoms with Crippen molar-refractivity contribution in [2.75, 3.05) is 32.6 Å². The molecule has 2 rings (SSSR count). The van der Waals surface area contributed by atoms with Crippen LogP contribution in [0.5, 0.6) is 11.5 Å². The maximum Gasteiger partial charge on any atom is 0.243 e. The molecule has 0 aromatic heterocycles. The van der Waals surface area contributed by atoms with Crippen molar-refractivity contribution in [2.24, 2.45) is 0 Å². The number of anilines is 1. The predicted octanol–water partition coefficient (Wildman–Crippen LogP) is 1.05. The molecule has 0 unspecified atom stereocenters. The van der Waals surface area contributed by atoms with Gasteiger partial charge < -0.3 is 20.1 Å². The standard InChI is InChI=1S/C19H23N3O6S/c1-13-4-7-15(8-5-13)29(25,26)21-12-18(23)20-11-19(24)22-16-9-6-14(27-2)10-17(16)28-3/h4-10,21H,11-12H2,1-3H3,(H,20,23)(H,22,24). The van der Waals surface area contributed by atoms with Crippen molar-refractivity contribution >= 4 is 27.5 Å². The van der Waals surface area contributed by atoms with E-state index in [0.717, 1.165) is 5.56 Å². The van der Waals surface area contributed by atoms with E-state index in [4.69, 9.17) is 9.47 Å². The molecule has 10 heteroatoms. The van der Waals surface area contributed by atoms with Crippen LogP contribution in [0.2, 0.25) is 0 Å². The van der Waals surface area contributed by atoms with Gasteiger partial charge in [-0.2, -0.15) is 0 Å². The average molecular weight is 421 g/mol. The quantitative estimate of drug-likeness (QED) is 0.556. The van der Waals surface area contributed by atoms with Crippen molar-refractivity contribution in [3.63, 3.8) is 0 Å². The molecule has 0 saturated carbocycles. The smallest absolute Gasteiger partial charge is 0.243 e. The molecule has 29 heavy (non-hydrogen) atoms. The Morgan fingerprint density at radius 2 is 1.62 bits per heavy atom. The summed E-state index contributed by atoms with van der Waals surface area (Å²) < 4.78 is 36.8. The second kappa shape index (κ2) is 9.89. The van der Waals surface area contributed by atoms with Crippen LogP contribution in [0.25, 0.3) is 0 Å². The third-order valence-corrected chi connectivity index (χ3v) is 5.30. The third kappa shape index (κ3) is 6.47. The van der Waals surface area contributed by atoms with E-state index in [1.807, 2.05) is 6.92 Å². The molecule has 156 valence electrons. The van der Waals surface area contributed by atoms with E-state index in [1.54, 1.807) is 30.3 Å². The summed E-state index contributed by atoms with van der Waals surface area (Å²) in [4.78, 5) is 24.0. The average Bonchev–Trinajstić information content (AvgIpc) is 2.71. The summed E-state index contributed by atoms with van der Waals surface area (Å²) in [7, 11) is -0.854. The molecule has 0 bridgehead atoms. The molecule has 0 aliphatic rings. The number of hydrogen-bond donors (Lipinski definition) is 3. The highest BCUT2D eigenvalue weighted by Crippen LogP contribution is 2.28. The lowest BCUT2D eigenvalue weighted by Gasteiger charge is -2.12. The van der Waals surface area contributed by atoms with Crippen LogP contribution in [0.4, 0.5) is 5.69 Å². The van der Waals surface area contributed by atoms with E-state index in [1.165, 1.54) is 26.4 Å². The fourth-order valence-electron chi connectivity index (χ4n) is 2.30. The molecule has 0 saturated heterocycles. The van der Waals surface area contributed by atoms with E-state index in [0.29, 0.717) is 17.2 Å². The van der Waals surface area contributed by atoms with Gasteiger partial charge in [-0.3, -0.25) is 9.59 Å². The number of nitrogens with one attached hydrogen (secondary N) is 3. The summed E-state index contributed by atoms with van der Waals surface area (Å²) in [5.41, 5.74) is 1.33. The number of hydrogen-bond acceptors (Lipinski definition) is 6. The van der Waals surface area contributed by atoms with Crippen LogP contribution in [0.15, 0.2) is 47.4 Å². The van der Waals surface area contributed by atoms with E-state index < -0.39 is 28.4 Å². The van der Waals surface area contributed by atoms with Gasteiger partial charge in [0.25, 0.3) is 0 Å². The molecule has 0 spiro atoms. The van der Waals surface area contributed by atoms with Crippen molar-refractivity contribution in [1.82, 2.24) is 10.0 Å². The molecular weight excluding hydrogens is 398 g/mol. The van der Waals surface area contributed by atoms with Gasteiger partial charge in [-0.1, -0.05) is 17.7 Å². The molecule has 0 fully saturated rings. The Kier molecular flexibility index (Phi) is 7.57. The van der Waals surface area contributed by atoms with Gasteiger partial charge in [0.1, 0.15) is 11.5 Å². The van der Waals surface area contributed by atoms with Crippen LogP contribution in [0, 0.1) is 6.92 Å². The van der Waals surface area contributed by atoms with Gasteiger partial charge in [0.2, 0.25) is 21.8 Å². The highest BCUT2D eigenvalue weighted by molar-refractivity contribution is 7.89. The summed E-state index contributed by atoms with van der Waals surface area (Å²) in [5.74, 6) is -0.176. The Labute approximate surface area is 169 Å². The SMILES string of the molecule is COc1ccc(NC(=O)CNC(=O)CNS(=O)(=O)c2ccc(C)cc2)c(OC)c1. The fourth-order valence-corrected chi connectivity index (χ4v) is 3.28. The molecule has 2 aromatic carbocycles. The molecule has 0 aliphatic carbocycles. The predicted molar refractivity (Wildman–Crippen MR) is 108 cm³/mol. The van der Waals surface area contributed by atoms with Crippen LogP contribution < -0.4 is 24.8 Å². The number of aryl methyl sites for hydroxylation is 1. The first-order valence-electron chi connectivity index (χ1n) is 8.60. The minimum absolute atomic E-state index is 0.0558. The van der Waals surface area contributed by atoms with Gasteiger partial charge in [0.05, 0.1) is 37.9 Å². The van der Waals surface area contributed by atoms with Crippen molar-refractivity contribution in [3.05, 3.63) is 48.0 Å². The first-order chi connectivity index (χ1) is 13.7. The van der Waals surface area contributed by atoms with Gasteiger partial charge in [-0.15, -0.1) is 0 Å². The first kappa shape index (κ1) is 22.2. The van der Waals surface area contributed by atoms with Crippen LogP contribution in [0.1, 0.15) is 5.56 Å². The van der Waals surface area contributed by atoms with Crippen molar-refractivity contribution in [1.29, 1.82) is 0 Å². The Balaban J connectivity index is 1.84. The number of benzene rings is 2. The molecule has 2 aromatic rings.